The number of methoxy groups -OCH3 is 1. The van der Waals surface area contributed by atoms with E-state index < -0.39 is 29.1 Å². The van der Waals surface area contributed by atoms with Crippen LogP contribution in [-0.2, 0) is 12.7 Å². The second-order valence-electron chi connectivity index (χ2n) is 6.92. The summed E-state index contributed by atoms with van der Waals surface area (Å²) in [4.78, 5) is 16.8. The molecule has 10 heteroatoms. The van der Waals surface area contributed by atoms with Gasteiger partial charge in [-0.25, -0.2) is 9.78 Å². The fourth-order valence-electron chi connectivity index (χ4n) is 3.44. The Hall–Kier alpha value is -3.95. The van der Waals surface area contributed by atoms with Crippen molar-refractivity contribution in [3.8, 4) is 22.8 Å². The van der Waals surface area contributed by atoms with Crippen molar-refractivity contribution in [1.82, 2.24) is 9.38 Å². The Labute approximate surface area is 178 Å². The van der Waals surface area contributed by atoms with Crippen molar-refractivity contribution in [2.24, 2.45) is 0 Å². The lowest BCUT2D eigenvalue weighted by molar-refractivity contribution is -0.671. The quantitative estimate of drug-likeness (QED) is 0.296. The average Bonchev–Trinajstić information content (AvgIpc) is 2.77. The monoisotopic (exact) mass is 446 g/mol. The molecule has 0 bridgehead atoms. The summed E-state index contributed by atoms with van der Waals surface area (Å²) in [6.07, 6.45) is -1.98. The molecule has 0 saturated carbocycles. The SMILES string of the molecule is COc1ccc(C(F)(F)F)cc1-c1c(O)[n+](Cc2ccc(F)nc2)c2ccccn2c1=O. The molecule has 0 aliphatic carbocycles. The number of fused-ring (bicyclic) bond motifs is 1. The molecule has 0 unspecified atom stereocenters. The highest BCUT2D eigenvalue weighted by atomic mass is 19.4. The van der Waals surface area contributed by atoms with Crippen LogP contribution in [0.25, 0.3) is 16.8 Å². The summed E-state index contributed by atoms with van der Waals surface area (Å²) in [6.45, 7) is -0.0266. The van der Waals surface area contributed by atoms with E-state index >= 15 is 0 Å². The number of pyridine rings is 2. The fraction of sp³-hybridized carbons (Fsp3) is 0.136. The summed E-state index contributed by atoms with van der Waals surface area (Å²) in [5, 5.41) is 11.1. The molecule has 0 amide bonds. The number of rotatable bonds is 4. The minimum absolute atomic E-state index is 0.0173. The third-order valence-electron chi connectivity index (χ3n) is 4.95. The van der Waals surface area contributed by atoms with E-state index in [1.54, 1.807) is 18.2 Å². The molecule has 4 rings (SSSR count). The molecule has 0 fully saturated rings. The molecule has 0 saturated heterocycles. The number of nitrogens with zero attached hydrogens (tertiary/aromatic N) is 3. The van der Waals surface area contributed by atoms with Crippen LogP contribution in [0.5, 0.6) is 11.6 Å². The molecule has 1 N–H and O–H groups in total. The molecular formula is C22H16F4N3O3+. The molecule has 4 aromatic rings. The molecule has 6 nitrogen and oxygen atoms in total. The van der Waals surface area contributed by atoms with Gasteiger partial charge in [-0.2, -0.15) is 26.5 Å². The maximum Gasteiger partial charge on any atom is 0.416 e. The van der Waals surface area contributed by atoms with Crippen molar-refractivity contribution < 1.29 is 32.0 Å². The van der Waals surface area contributed by atoms with Gasteiger partial charge < -0.3 is 9.84 Å². The topological polar surface area (TPSA) is 67.7 Å². The van der Waals surface area contributed by atoms with E-state index in [9.17, 15) is 27.5 Å². The van der Waals surface area contributed by atoms with Crippen LogP contribution < -0.4 is 14.9 Å². The van der Waals surface area contributed by atoms with E-state index in [0.717, 1.165) is 24.3 Å². The Bertz CT molecular complexity index is 1370. The maximum absolute atomic E-state index is 13.3. The summed E-state index contributed by atoms with van der Waals surface area (Å²) < 4.78 is 60.9. The maximum atomic E-state index is 13.3. The van der Waals surface area contributed by atoms with Crippen molar-refractivity contribution in [2.45, 2.75) is 12.7 Å². The Morgan fingerprint density at radius 1 is 1.16 bits per heavy atom. The molecule has 32 heavy (non-hydrogen) atoms. The number of benzene rings is 1. The van der Waals surface area contributed by atoms with Gasteiger partial charge in [-0.1, -0.05) is 6.07 Å². The normalized spacial score (nSPS) is 11.7. The highest BCUT2D eigenvalue weighted by Gasteiger charge is 2.34. The number of halogens is 4. The smallest absolute Gasteiger partial charge is 0.416 e. The molecule has 3 heterocycles. The largest absolute Gasteiger partial charge is 0.496 e. The number of hydrogen-bond donors (Lipinski definition) is 1. The number of aromatic hydroxyl groups is 1. The first kappa shape index (κ1) is 21.3. The predicted molar refractivity (Wildman–Crippen MR) is 106 cm³/mol. The van der Waals surface area contributed by atoms with Gasteiger partial charge in [0.2, 0.25) is 5.95 Å². The van der Waals surface area contributed by atoms with Gasteiger partial charge in [-0.3, -0.25) is 0 Å². The lowest BCUT2D eigenvalue weighted by atomic mass is 10.0. The standard InChI is InChI=1S/C22H15F4N3O3/c1-32-16-7-6-14(22(24,25)26)10-15(16)19-20(30)28-9-3-2-4-18(28)29(21(19)31)12-13-5-8-17(23)27-11-13/h2-11H,12H2,1H3/p+1. The third kappa shape index (κ3) is 3.75. The zero-order valence-electron chi connectivity index (χ0n) is 16.6. The molecule has 0 radical (unpaired) electrons. The van der Waals surface area contributed by atoms with Gasteiger partial charge in [0.15, 0.2) is 5.56 Å². The zero-order chi connectivity index (χ0) is 23.0. The van der Waals surface area contributed by atoms with Gasteiger partial charge in [-0.05, 0) is 36.4 Å². The van der Waals surface area contributed by atoms with Gasteiger partial charge in [0.25, 0.3) is 11.5 Å². The summed E-state index contributed by atoms with van der Waals surface area (Å²) in [7, 11) is 1.25. The third-order valence-corrected chi connectivity index (χ3v) is 4.95. The van der Waals surface area contributed by atoms with E-state index in [-0.39, 0.29) is 29.1 Å². The Balaban J connectivity index is 2.03. The molecule has 1 aromatic carbocycles. The van der Waals surface area contributed by atoms with Crippen LogP contribution >= 0.6 is 0 Å². The minimum atomic E-state index is -4.67. The lowest BCUT2D eigenvalue weighted by Crippen LogP contribution is -2.41. The van der Waals surface area contributed by atoms with Gasteiger partial charge in [0.05, 0.1) is 18.9 Å². The molecule has 0 aliphatic rings. The molecule has 0 spiro atoms. The second kappa shape index (κ2) is 7.95. The van der Waals surface area contributed by atoms with Gasteiger partial charge in [0, 0.05) is 23.4 Å². The highest BCUT2D eigenvalue weighted by Crippen LogP contribution is 2.38. The number of alkyl halides is 3. The van der Waals surface area contributed by atoms with Gasteiger partial charge >= 0.3 is 11.7 Å². The Morgan fingerprint density at radius 2 is 1.94 bits per heavy atom. The first-order chi connectivity index (χ1) is 15.2. The fourth-order valence-corrected chi connectivity index (χ4v) is 3.44. The zero-order valence-corrected chi connectivity index (χ0v) is 16.6. The van der Waals surface area contributed by atoms with Crippen molar-refractivity contribution >= 4 is 5.65 Å². The Kier molecular flexibility index (Phi) is 5.29. The highest BCUT2D eigenvalue weighted by molar-refractivity contribution is 5.74. The van der Waals surface area contributed by atoms with Crippen LogP contribution in [0.3, 0.4) is 0 Å². The van der Waals surface area contributed by atoms with Gasteiger partial charge in [-0.15, -0.1) is 0 Å². The van der Waals surface area contributed by atoms with E-state index in [1.165, 1.54) is 34.5 Å². The van der Waals surface area contributed by atoms with E-state index in [4.69, 9.17) is 4.74 Å². The summed E-state index contributed by atoms with van der Waals surface area (Å²) in [5.41, 5.74) is -1.54. The summed E-state index contributed by atoms with van der Waals surface area (Å²) in [6, 6.07) is 10.0. The van der Waals surface area contributed by atoms with E-state index in [2.05, 4.69) is 4.98 Å². The Morgan fingerprint density at radius 3 is 2.59 bits per heavy atom. The van der Waals surface area contributed by atoms with Crippen molar-refractivity contribution in [3.05, 3.63) is 88.4 Å². The summed E-state index contributed by atoms with van der Waals surface area (Å²) in [5.74, 6) is -1.27. The number of hydrogen-bond acceptors (Lipinski definition) is 4. The number of ether oxygens (including phenoxy) is 1. The lowest BCUT2D eigenvalue weighted by Gasteiger charge is -2.14. The van der Waals surface area contributed by atoms with Crippen LogP contribution in [0.1, 0.15) is 11.1 Å². The van der Waals surface area contributed by atoms with E-state index in [1.807, 2.05) is 0 Å². The minimum Gasteiger partial charge on any atom is -0.496 e. The average molecular weight is 446 g/mol. The van der Waals surface area contributed by atoms with Crippen LogP contribution in [0.2, 0.25) is 0 Å². The predicted octanol–water partition coefficient (Wildman–Crippen LogP) is 3.57. The van der Waals surface area contributed by atoms with Crippen molar-refractivity contribution in [1.29, 1.82) is 0 Å². The van der Waals surface area contributed by atoms with Crippen LogP contribution in [0.4, 0.5) is 17.6 Å². The van der Waals surface area contributed by atoms with Crippen LogP contribution in [0.15, 0.2) is 65.7 Å². The van der Waals surface area contributed by atoms with Crippen molar-refractivity contribution in [2.75, 3.05) is 7.11 Å². The van der Waals surface area contributed by atoms with Crippen LogP contribution in [-0.4, -0.2) is 21.6 Å². The molecule has 0 aliphatic heterocycles. The first-order valence-corrected chi connectivity index (χ1v) is 9.33. The molecule has 0 atom stereocenters. The van der Waals surface area contributed by atoms with Gasteiger partial charge in [0.1, 0.15) is 12.3 Å². The molecular weight excluding hydrogens is 430 g/mol. The number of aromatic nitrogens is 3. The summed E-state index contributed by atoms with van der Waals surface area (Å²) >= 11 is 0. The molecule has 3 aromatic heterocycles. The van der Waals surface area contributed by atoms with E-state index in [0.29, 0.717) is 5.56 Å². The van der Waals surface area contributed by atoms with Crippen molar-refractivity contribution in [3.63, 3.8) is 0 Å². The molecule has 164 valence electrons. The van der Waals surface area contributed by atoms with Crippen LogP contribution in [0, 0.1) is 5.95 Å². The first-order valence-electron chi connectivity index (χ1n) is 9.33. The second-order valence-corrected chi connectivity index (χ2v) is 6.92.